The van der Waals surface area contributed by atoms with Crippen molar-refractivity contribution in [2.24, 2.45) is 0 Å². The third-order valence-corrected chi connectivity index (χ3v) is 3.03. The fraction of sp³-hybridized carbons (Fsp3) is 0.231. The Morgan fingerprint density at radius 2 is 2.11 bits per heavy atom. The summed E-state index contributed by atoms with van der Waals surface area (Å²) in [7, 11) is 1.63. The maximum absolute atomic E-state index is 5.76. The number of aromatic nitrogens is 2. The predicted octanol–water partition coefficient (Wildman–Crippen LogP) is 3.14. The van der Waals surface area contributed by atoms with E-state index in [0.717, 1.165) is 22.3 Å². The Labute approximate surface area is 120 Å². The molecule has 3 N–H and O–H groups in total. The van der Waals surface area contributed by atoms with Crippen LogP contribution in [-0.4, -0.2) is 17.1 Å². The van der Waals surface area contributed by atoms with Crippen LogP contribution >= 0.6 is 15.9 Å². The maximum atomic E-state index is 5.76. The lowest BCUT2D eigenvalue weighted by molar-refractivity contribution is 0.416. The van der Waals surface area contributed by atoms with Gasteiger partial charge in [0.05, 0.1) is 12.8 Å². The molecular formula is C13H15BrN4O. The van der Waals surface area contributed by atoms with Crippen LogP contribution in [0.25, 0.3) is 0 Å². The highest BCUT2D eigenvalue weighted by molar-refractivity contribution is 9.10. The average Bonchev–Trinajstić information content (AvgIpc) is 2.38. The van der Waals surface area contributed by atoms with Crippen molar-refractivity contribution in [3.8, 4) is 5.75 Å². The molecule has 0 radical (unpaired) electrons. The quantitative estimate of drug-likeness (QED) is 0.904. The monoisotopic (exact) mass is 322 g/mol. The summed E-state index contributed by atoms with van der Waals surface area (Å²) in [4.78, 5) is 8.52. The van der Waals surface area contributed by atoms with Crippen LogP contribution in [0.2, 0.25) is 0 Å². The normalized spacial score (nSPS) is 10.3. The molecule has 1 heterocycles. The summed E-state index contributed by atoms with van der Waals surface area (Å²) in [5.74, 6) is 2.54. The van der Waals surface area contributed by atoms with Gasteiger partial charge >= 0.3 is 0 Å². The first-order valence-electron chi connectivity index (χ1n) is 5.86. The molecule has 5 nitrogen and oxygen atoms in total. The van der Waals surface area contributed by atoms with Crippen molar-refractivity contribution in [1.82, 2.24) is 9.97 Å². The van der Waals surface area contributed by atoms with Crippen LogP contribution < -0.4 is 15.8 Å². The van der Waals surface area contributed by atoms with Crippen LogP contribution in [0, 0.1) is 0 Å². The van der Waals surface area contributed by atoms with E-state index in [2.05, 4.69) is 31.2 Å². The Morgan fingerprint density at radius 1 is 1.32 bits per heavy atom. The molecule has 19 heavy (non-hydrogen) atoms. The molecule has 0 unspecified atom stereocenters. The van der Waals surface area contributed by atoms with Gasteiger partial charge in [-0.2, -0.15) is 0 Å². The van der Waals surface area contributed by atoms with E-state index in [4.69, 9.17) is 10.5 Å². The molecular weight excluding hydrogens is 308 g/mol. The van der Waals surface area contributed by atoms with Crippen molar-refractivity contribution in [3.63, 3.8) is 0 Å². The van der Waals surface area contributed by atoms with E-state index in [1.54, 1.807) is 13.2 Å². The molecule has 100 valence electrons. The number of hydrogen-bond acceptors (Lipinski definition) is 5. The van der Waals surface area contributed by atoms with Gasteiger partial charge in [-0.05, 0) is 18.2 Å². The third kappa shape index (κ3) is 3.35. The number of methoxy groups -OCH3 is 1. The molecule has 0 fully saturated rings. The maximum Gasteiger partial charge on any atom is 0.142 e. The molecule has 0 saturated carbocycles. The molecule has 6 heteroatoms. The number of nitrogens with one attached hydrogen (secondary N) is 1. The molecule has 0 atom stereocenters. The molecule has 0 saturated heterocycles. The first-order valence-corrected chi connectivity index (χ1v) is 6.65. The summed E-state index contributed by atoms with van der Waals surface area (Å²) < 4.78 is 6.25. The summed E-state index contributed by atoms with van der Waals surface area (Å²) in [6.07, 6.45) is 0.731. The van der Waals surface area contributed by atoms with Gasteiger partial charge in [0.1, 0.15) is 23.2 Å². The SMILES string of the molecule is CCc1nc(N)cc(Nc2cc(Br)ccc2OC)n1. The first kappa shape index (κ1) is 13.6. The van der Waals surface area contributed by atoms with Crippen LogP contribution in [0.4, 0.5) is 17.3 Å². The minimum Gasteiger partial charge on any atom is -0.495 e. The minimum atomic E-state index is 0.448. The minimum absolute atomic E-state index is 0.448. The first-order chi connectivity index (χ1) is 9.12. The molecule has 0 bridgehead atoms. The highest BCUT2D eigenvalue weighted by Gasteiger charge is 2.07. The second kappa shape index (κ2) is 5.88. The van der Waals surface area contributed by atoms with Crippen molar-refractivity contribution < 1.29 is 4.74 Å². The molecule has 1 aromatic heterocycles. The number of benzene rings is 1. The second-order valence-corrected chi connectivity index (χ2v) is 4.83. The summed E-state index contributed by atoms with van der Waals surface area (Å²) in [6.45, 7) is 1.98. The average molecular weight is 323 g/mol. The largest absolute Gasteiger partial charge is 0.495 e. The number of ether oxygens (including phenoxy) is 1. The van der Waals surface area contributed by atoms with Crippen molar-refractivity contribution in [3.05, 3.63) is 34.6 Å². The Bertz CT molecular complexity index is 589. The van der Waals surface area contributed by atoms with Gasteiger partial charge in [-0.15, -0.1) is 0 Å². The molecule has 0 aliphatic heterocycles. The zero-order chi connectivity index (χ0) is 13.8. The van der Waals surface area contributed by atoms with E-state index < -0.39 is 0 Å². The van der Waals surface area contributed by atoms with E-state index >= 15 is 0 Å². The Hall–Kier alpha value is -1.82. The Morgan fingerprint density at radius 3 is 2.79 bits per heavy atom. The van der Waals surface area contributed by atoms with Gasteiger partial charge in [0, 0.05) is 17.0 Å². The standard InChI is InChI=1S/C13H15BrN4O/c1-3-12-17-11(15)7-13(18-12)16-9-6-8(14)4-5-10(9)19-2/h4-7H,3H2,1-2H3,(H3,15,16,17,18). The molecule has 1 aromatic carbocycles. The number of nitrogens with zero attached hydrogens (tertiary/aromatic N) is 2. The Kier molecular flexibility index (Phi) is 4.21. The summed E-state index contributed by atoms with van der Waals surface area (Å²) in [6, 6.07) is 7.40. The van der Waals surface area contributed by atoms with Gasteiger partial charge in [-0.3, -0.25) is 0 Å². The van der Waals surface area contributed by atoms with Gasteiger partial charge in [0.25, 0.3) is 0 Å². The summed E-state index contributed by atoms with van der Waals surface area (Å²) in [5.41, 5.74) is 6.57. The lowest BCUT2D eigenvalue weighted by atomic mass is 10.3. The zero-order valence-electron chi connectivity index (χ0n) is 10.8. The smallest absolute Gasteiger partial charge is 0.142 e. The molecule has 2 rings (SSSR count). The number of halogens is 1. The van der Waals surface area contributed by atoms with Crippen LogP contribution in [0.1, 0.15) is 12.7 Å². The number of anilines is 3. The number of aryl methyl sites for hydroxylation is 1. The van der Waals surface area contributed by atoms with Crippen molar-refractivity contribution in [1.29, 1.82) is 0 Å². The molecule has 0 amide bonds. The topological polar surface area (TPSA) is 73.1 Å². The van der Waals surface area contributed by atoms with Crippen LogP contribution in [0.3, 0.4) is 0 Å². The summed E-state index contributed by atoms with van der Waals surface area (Å²) in [5, 5.41) is 3.19. The van der Waals surface area contributed by atoms with Gasteiger partial charge in [0.15, 0.2) is 0 Å². The number of hydrogen-bond donors (Lipinski definition) is 2. The van der Waals surface area contributed by atoms with Crippen molar-refractivity contribution in [2.75, 3.05) is 18.2 Å². The van der Waals surface area contributed by atoms with Gasteiger partial charge < -0.3 is 15.8 Å². The second-order valence-electron chi connectivity index (χ2n) is 3.92. The lowest BCUT2D eigenvalue weighted by Crippen LogP contribution is -2.03. The van der Waals surface area contributed by atoms with Crippen LogP contribution in [0.5, 0.6) is 5.75 Å². The predicted molar refractivity (Wildman–Crippen MR) is 79.8 cm³/mol. The van der Waals surface area contributed by atoms with E-state index in [1.807, 2.05) is 25.1 Å². The summed E-state index contributed by atoms with van der Waals surface area (Å²) >= 11 is 3.43. The number of nitrogen functional groups attached to an aromatic ring is 1. The zero-order valence-corrected chi connectivity index (χ0v) is 12.4. The highest BCUT2D eigenvalue weighted by Crippen LogP contribution is 2.30. The van der Waals surface area contributed by atoms with Gasteiger partial charge in [-0.25, -0.2) is 9.97 Å². The van der Waals surface area contributed by atoms with Crippen LogP contribution in [-0.2, 0) is 6.42 Å². The van der Waals surface area contributed by atoms with E-state index in [1.165, 1.54) is 0 Å². The van der Waals surface area contributed by atoms with E-state index in [0.29, 0.717) is 17.5 Å². The molecule has 0 aliphatic rings. The van der Waals surface area contributed by atoms with E-state index in [9.17, 15) is 0 Å². The van der Waals surface area contributed by atoms with E-state index in [-0.39, 0.29) is 0 Å². The highest BCUT2D eigenvalue weighted by atomic mass is 79.9. The molecule has 2 aromatic rings. The van der Waals surface area contributed by atoms with Gasteiger partial charge in [0.2, 0.25) is 0 Å². The molecule has 0 aliphatic carbocycles. The third-order valence-electron chi connectivity index (χ3n) is 2.53. The lowest BCUT2D eigenvalue weighted by Gasteiger charge is -2.12. The van der Waals surface area contributed by atoms with Crippen molar-refractivity contribution in [2.45, 2.75) is 13.3 Å². The number of nitrogens with two attached hydrogens (primary N) is 1. The fourth-order valence-electron chi connectivity index (χ4n) is 1.66. The van der Waals surface area contributed by atoms with Gasteiger partial charge in [-0.1, -0.05) is 22.9 Å². The number of rotatable bonds is 4. The Balaban J connectivity index is 2.35. The molecule has 0 spiro atoms. The van der Waals surface area contributed by atoms with Crippen molar-refractivity contribution >= 4 is 33.3 Å². The fourth-order valence-corrected chi connectivity index (χ4v) is 2.02. The van der Waals surface area contributed by atoms with Crippen LogP contribution in [0.15, 0.2) is 28.7 Å².